The van der Waals surface area contributed by atoms with E-state index in [1.165, 1.54) is 31.2 Å². The van der Waals surface area contributed by atoms with Gasteiger partial charge in [0.05, 0.1) is 4.90 Å². The van der Waals surface area contributed by atoms with E-state index in [9.17, 15) is 18.3 Å². The molecule has 0 saturated heterocycles. The first-order valence-electron chi connectivity index (χ1n) is 6.01. The first kappa shape index (κ1) is 17.0. The lowest BCUT2D eigenvalue weighted by molar-refractivity contribution is -0.144. The number of sulfone groups is 1. The molecule has 0 heterocycles. The number of azide groups is 1. The second kappa shape index (κ2) is 6.57. The standard InChI is InChI=1S/C12H16N4O4S/c1-12(11(17)18,14-7-8-15-16-13)9-3-5-10(6-4-9)21(2,19)20/h3-6,14H,7-8H2,1-2H3,(H,17,18). The van der Waals surface area contributed by atoms with Crippen molar-refractivity contribution >= 4 is 15.8 Å². The molecule has 0 fully saturated rings. The summed E-state index contributed by atoms with van der Waals surface area (Å²) in [5, 5.41) is 15.5. The molecule has 0 radical (unpaired) electrons. The molecule has 8 nitrogen and oxygen atoms in total. The van der Waals surface area contributed by atoms with Gasteiger partial charge in [-0.15, -0.1) is 0 Å². The van der Waals surface area contributed by atoms with Crippen LogP contribution in [0.5, 0.6) is 0 Å². The summed E-state index contributed by atoms with van der Waals surface area (Å²) in [5.41, 5.74) is 7.19. The highest BCUT2D eigenvalue weighted by molar-refractivity contribution is 7.90. The van der Waals surface area contributed by atoms with Crippen LogP contribution in [0.2, 0.25) is 0 Å². The van der Waals surface area contributed by atoms with Crippen molar-refractivity contribution in [2.24, 2.45) is 5.11 Å². The molecule has 21 heavy (non-hydrogen) atoms. The minimum absolute atomic E-state index is 0.112. The molecule has 1 atom stereocenters. The summed E-state index contributed by atoms with van der Waals surface area (Å²) in [7, 11) is -3.33. The molecular formula is C12H16N4O4S. The van der Waals surface area contributed by atoms with Crippen LogP contribution in [0, 0.1) is 0 Å². The van der Waals surface area contributed by atoms with Gasteiger partial charge in [-0.3, -0.25) is 5.32 Å². The molecule has 1 rings (SSSR count). The van der Waals surface area contributed by atoms with E-state index in [1.54, 1.807) is 0 Å². The third kappa shape index (κ3) is 4.19. The van der Waals surface area contributed by atoms with Crippen LogP contribution in [0.3, 0.4) is 0 Å². The Hall–Kier alpha value is -2.09. The Morgan fingerprint density at radius 1 is 1.43 bits per heavy atom. The van der Waals surface area contributed by atoms with Gasteiger partial charge in [-0.1, -0.05) is 17.2 Å². The zero-order valence-corrected chi connectivity index (χ0v) is 12.5. The van der Waals surface area contributed by atoms with E-state index in [4.69, 9.17) is 5.53 Å². The average molecular weight is 312 g/mol. The molecule has 0 aliphatic heterocycles. The Kier molecular flexibility index (Phi) is 5.31. The summed E-state index contributed by atoms with van der Waals surface area (Å²) >= 11 is 0. The van der Waals surface area contributed by atoms with Crippen LogP contribution in [0.25, 0.3) is 10.4 Å². The van der Waals surface area contributed by atoms with Crippen molar-refractivity contribution in [3.63, 3.8) is 0 Å². The molecule has 0 bridgehead atoms. The first-order chi connectivity index (χ1) is 9.71. The Balaban J connectivity index is 3.05. The number of nitrogens with zero attached hydrogens (tertiary/aromatic N) is 3. The van der Waals surface area contributed by atoms with Crippen LogP contribution < -0.4 is 5.32 Å². The molecule has 0 amide bonds. The van der Waals surface area contributed by atoms with Crippen molar-refractivity contribution in [3.8, 4) is 0 Å². The van der Waals surface area contributed by atoms with Crippen LogP contribution in [0.15, 0.2) is 34.3 Å². The van der Waals surface area contributed by atoms with Crippen LogP contribution in [0.1, 0.15) is 12.5 Å². The summed E-state index contributed by atoms with van der Waals surface area (Å²) in [6.07, 6.45) is 1.08. The molecular weight excluding hydrogens is 296 g/mol. The lowest BCUT2D eigenvalue weighted by atomic mass is 9.92. The summed E-state index contributed by atoms with van der Waals surface area (Å²) in [4.78, 5) is 14.2. The maximum absolute atomic E-state index is 11.5. The molecule has 1 aromatic carbocycles. The van der Waals surface area contributed by atoms with Crippen LogP contribution >= 0.6 is 0 Å². The zero-order valence-electron chi connectivity index (χ0n) is 11.6. The number of aliphatic carboxylic acids is 1. The topological polar surface area (TPSA) is 132 Å². The second-order valence-electron chi connectivity index (χ2n) is 4.61. The first-order valence-corrected chi connectivity index (χ1v) is 7.91. The van der Waals surface area contributed by atoms with Crippen molar-refractivity contribution in [3.05, 3.63) is 40.3 Å². The molecule has 1 aromatic rings. The minimum Gasteiger partial charge on any atom is -0.480 e. The number of carboxylic acid groups (broad SMARTS) is 1. The van der Waals surface area contributed by atoms with Crippen molar-refractivity contribution in [2.75, 3.05) is 19.3 Å². The molecule has 1 unspecified atom stereocenters. The van der Waals surface area contributed by atoms with E-state index in [0.717, 1.165) is 6.26 Å². The quantitative estimate of drug-likeness (QED) is 0.339. The summed E-state index contributed by atoms with van der Waals surface area (Å²) < 4.78 is 22.8. The Morgan fingerprint density at radius 3 is 2.43 bits per heavy atom. The molecule has 0 aliphatic rings. The number of hydrogen-bond donors (Lipinski definition) is 2. The van der Waals surface area contributed by atoms with Crippen molar-refractivity contribution < 1.29 is 18.3 Å². The van der Waals surface area contributed by atoms with Gasteiger partial charge in [0.2, 0.25) is 0 Å². The Bertz CT molecular complexity index is 665. The fourth-order valence-electron chi connectivity index (χ4n) is 1.74. The van der Waals surface area contributed by atoms with E-state index in [0.29, 0.717) is 5.56 Å². The molecule has 0 spiro atoms. The molecule has 0 aromatic heterocycles. The minimum atomic E-state index is -3.33. The predicted molar refractivity (Wildman–Crippen MR) is 76.6 cm³/mol. The third-order valence-electron chi connectivity index (χ3n) is 3.04. The van der Waals surface area contributed by atoms with Crippen molar-refractivity contribution in [1.82, 2.24) is 5.32 Å². The van der Waals surface area contributed by atoms with E-state index in [-0.39, 0.29) is 18.0 Å². The molecule has 9 heteroatoms. The maximum atomic E-state index is 11.5. The van der Waals surface area contributed by atoms with E-state index in [2.05, 4.69) is 15.3 Å². The highest BCUT2D eigenvalue weighted by Crippen LogP contribution is 2.22. The number of nitrogens with one attached hydrogen (secondary N) is 1. The number of benzene rings is 1. The van der Waals surface area contributed by atoms with Crippen LogP contribution in [-0.2, 0) is 20.2 Å². The molecule has 0 saturated carbocycles. The van der Waals surface area contributed by atoms with Crippen molar-refractivity contribution in [2.45, 2.75) is 17.4 Å². The lowest BCUT2D eigenvalue weighted by Crippen LogP contribution is -2.47. The van der Waals surface area contributed by atoms with E-state index >= 15 is 0 Å². The normalized spacial score (nSPS) is 14.0. The fourth-order valence-corrected chi connectivity index (χ4v) is 2.37. The van der Waals surface area contributed by atoms with Gasteiger partial charge in [0.1, 0.15) is 5.54 Å². The number of carboxylic acids is 1. The van der Waals surface area contributed by atoms with Gasteiger partial charge in [0.15, 0.2) is 9.84 Å². The summed E-state index contributed by atoms with van der Waals surface area (Å²) in [5.74, 6) is -1.12. The highest BCUT2D eigenvalue weighted by Gasteiger charge is 2.34. The SMILES string of the molecule is CC(NCCN=[N+]=[N-])(C(=O)O)c1ccc(S(C)(=O)=O)cc1. The number of hydrogen-bond acceptors (Lipinski definition) is 5. The lowest BCUT2D eigenvalue weighted by Gasteiger charge is -2.26. The maximum Gasteiger partial charge on any atom is 0.328 e. The summed E-state index contributed by atoms with van der Waals surface area (Å²) in [6, 6.07) is 5.62. The third-order valence-corrected chi connectivity index (χ3v) is 4.17. The van der Waals surface area contributed by atoms with E-state index < -0.39 is 21.3 Å². The van der Waals surface area contributed by atoms with Crippen molar-refractivity contribution in [1.29, 1.82) is 0 Å². The molecule has 0 aliphatic carbocycles. The van der Waals surface area contributed by atoms with Gasteiger partial charge in [-0.25, -0.2) is 13.2 Å². The largest absolute Gasteiger partial charge is 0.480 e. The molecule has 2 N–H and O–H groups in total. The van der Waals surface area contributed by atoms with Gasteiger partial charge >= 0.3 is 5.97 Å². The predicted octanol–water partition coefficient (Wildman–Crippen LogP) is 1.29. The smallest absolute Gasteiger partial charge is 0.328 e. The van der Waals surface area contributed by atoms with Gasteiger partial charge in [-0.05, 0) is 30.2 Å². The Morgan fingerprint density at radius 2 is 2.00 bits per heavy atom. The Labute approximate surface area is 122 Å². The summed E-state index contributed by atoms with van der Waals surface area (Å²) in [6.45, 7) is 1.75. The van der Waals surface area contributed by atoms with Crippen LogP contribution in [0.4, 0.5) is 0 Å². The van der Waals surface area contributed by atoms with E-state index in [1.807, 2.05) is 0 Å². The zero-order chi connectivity index (χ0) is 16.1. The number of rotatable bonds is 7. The van der Waals surface area contributed by atoms with Gasteiger partial charge in [-0.2, -0.15) is 0 Å². The second-order valence-corrected chi connectivity index (χ2v) is 6.62. The fraction of sp³-hybridized carbons (Fsp3) is 0.417. The van der Waals surface area contributed by atoms with Crippen LogP contribution in [-0.4, -0.2) is 38.8 Å². The van der Waals surface area contributed by atoms with Gasteiger partial charge in [0, 0.05) is 24.3 Å². The number of carbonyl (C=O) groups is 1. The monoisotopic (exact) mass is 312 g/mol. The van der Waals surface area contributed by atoms with Gasteiger partial charge in [0.25, 0.3) is 0 Å². The van der Waals surface area contributed by atoms with Gasteiger partial charge < -0.3 is 5.11 Å². The molecule has 114 valence electrons. The highest BCUT2D eigenvalue weighted by atomic mass is 32.2. The average Bonchev–Trinajstić information content (AvgIpc) is 2.42.